The number of nitrogens with zero attached hydrogens (tertiary/aromatic N) is 2. The molecule has 1 fully saturated rings. The number of ether oxygens (including phenoxy) is 3. The van der Waals surface area contributed by atoms with Gasteiger partial charge < -0.3 is 19.9 Å². The molecule has 8 nitrogen and oxygen atoms in total. The Morgan fingerprint density at radius 2 is 1.93 bits per heavy atom. The van der Waals surface area contributed by atoms with Crippen molar-refractivity contribution >= 4 is 29.0 Å². The van der Waals surface area contributed by atoms with Gasteiger partial charge in [-0.2, -0.15) is 0 Å². The van der Waals surface area contributed by atoms with Crippen LogP contribution in [0.2, 0.25) is 0 Å². The van der Waals surface area contributed by atoms with Crippen molar-refractivity contribution in [2.75, 3.05) is 13.7 Å². The first-order chi connectivity index (χ1) is 20.4. The van der Waals surface area contributed by atoms with E-state index in [4.69, 9.17) is 19.9 Å². The Labute approximate surface area is 250 Å². The van der Waals surface area contributed by atoms with Crippen molar-refractivity contribution in [1.29, 1.82) is 0 Å². The fourth-order valence-electron chi connectivity index (χ4n) is 5.51. The molecule has 230 valence electrons. The van der Waals surface area contributed by atoms with E-state index in [9.17, 15) is 18.4 Å². The summed E-state index contributed by atoms with van der Waals surface area (Å²) < 4.78 is 45.2. The van der Waals surface area contributed by atoms with Crippen molar-refractivity contribution in [3.05, 3.63) is 77.5 Å². The molecule has 1 aliphatic rings. The van der Waals surface area contributed by atoms with Crippen LogP contribution >= 0.6 is 0 Å². The molecule has 1 unspecified atom stereocenters. The van der Waals surface area contributed by atoms with Gasteiger partial charge in [0.15, 0.2) is 6.10 Å². The molecule has 2 amide bonds. The molecule has 0 bridgehead atoms. The number of rotatable bonds is 9. The van der Waals surface area contributed by atoms with Crippen molar-refractivity contribution in [3.8, 4) is 5.75 Å². The highest BCUT2D eigenvalue weighted by Crippen LogP contribution is 2.33. The molecule has 1 aromatic heterocycles. The van der Waals surface area contributed by atoms with Crippen LogP contribution in [0.3, 0.4) is 0 Å². The second-order valence-corrected chi connectivity index (χ2v) is 11.9. The van der Waals surface area contributed by atoms with E-state index in [0.717, 1.165) is 40.4 Å². The van der Waals surface area contributed by atoms with Crippen LogP contribution in [-0.2, 0) is 20.7 Å². The molecule has 10 heteroatoms. The highest BCUT2D eigenvalue weighted by molar-refractivity contribution is 5.83. The number of carbonyl (C=O) groups is 2. The normalized spacial score (nSPS) is 20.7. The lowest BCUT2D eigenvalue weighted by Crippen LogP contribution is -2.60. The van der Waals surface area contributed by atoms with E-state index in [1.807, 2.05) is 31.2 Å². The van der Waals surface area contributed by atoms with E-state index in [0.29, 0.717) is 19.3 Å². The van der Waals surface area contributed by atoms with Crippen LogP contribution in [0.5, 0.6) is 5.75 Å². The van der Waals surface area contributed by atoms with Crippen molar-refractivity contribution in [3.63, 3.8) is 0 Å². The minimum absolute atomic E-state index is 0.0323. The summed E-state index contributed by atoms with van der Waals surface area (Å²) in [6.07, 6.45) is 4.45. The summed E-state index contributed by atoms with van der Waals surface area (Å²) in [4.78, 5) is 32.0. The molecule has 3 aromatic rings. The zero-order valence-corrected chi connectivity index (χ0v) is 25.2. The lowest BCUT2D eigenvalue weighted by molar-refractivity contribution is -0.154. The van der Waals surface area contributed by atoms with E-state index in [1.165, 1.54) is 17.1 Å². The Morgan fingerprint density at radius 3 is 2.63 bits per heavy atom. The van der Waals surface area contributed by atoms with Crippen LogP contribution in [0.4, 0.5) is 13.6 Å². The molecule has 2 heterocycles. The molecule has 1 aliphatic heterocycles. The number of halogens is 2. The number of methoxy groups -OCH3 is 1. The van der Waals surface area contributed by atoms with Crippen LogP contribution in [-0.4, -0.2) is 59.4 Å². The van der Waals surface area contributed by atoms with Gasteiger partial charge in [-0.3, -0.25) is 14.7 Å². The summed E-state index contributed by atoms with van der Waals surface area (Å²) in [5, 5.41) is 0.979. The van der Waals surface area contributed by atoms with Crippen molar-refractivity contribution in [2.24, 2.45) is 11.7 Å². The molecular weight excluding hydrogens is 556 g/mol. The number of aryl methyl sites for hydroxylation is 1. The van der Waals surface area contributed by atoms with Crippen LogP contribution in [0.1, 0.15) is 51.7 Å². The Morgan fingerprint density at radius 1 is 1.16 bits per heavy atom. The zero-order chi connectivity index (χ0) is 31.3. The second kappa shape index (κ2) is 13.5. The van der Waals surface area contributed by atoms with Gasteiger partial charge in [-0.05, 0) is 94.0 Å². The molecule has 0 saturated carbocycles. The number of carbonyl (C=O) groups excluding carboxylic acids is 2. The number of hydrogen-bond donors (Lipinski definition) is 1. The van der Waals surface area contributed by atoms with E-state index in [2.05, 4.69) is 4.98 Å². The fourth-order valence-corrected chi connectivity index (χ4v) is 5.51. The number of pyridine rings is 1. The molecule has 4 atom stereocenters. The van der Waals surface area contributed by atoms with Gasteiger partial charge in [0.1, 0.15) is 23.0 Å². The Balaban J connectivity index is 1.55. The van der Waals surface area contributed by atoms with Crippen LogP contribution in [0.25, 0.3) is 17.0 Å². The Kier molecular flexibility index (Phi) is 10.0. The average Bonchev–Trinajstić information content (AvgIpc) is 2.94. The van der Waals surface area contributed by atoms with Gasteiger partial charge in [0.25, 0.3) is 0 Å². The number of fused-ring (bicyclic) bond motifs is 1. The molecule has 2 aromatic carbocycles. The minimum Gasteiger partial charge on any atom is -0.497 e. The highest BCUT2D eigenvalue weighted by atomic mass is 19.1. The van der Waals surface area contributed by atoms with Crippen molar-refractivity contribution in [2.45, 2.75) is 70.8 Å². The summed E-state index contributed by atoms with van der Waals surface area (Å²) in [6, 6.07) is 10.1. The van der Waals surface area contributed by atoms with Gasteiger partial charge >= 0.3 is 6.09 Å². The van der Waals surface area contributed by atoms with E-state index >= 15 is 0 Å². The molecule has 0 spiro atoms. The fraction of sp³-hybridized carbons (Fsp3) is 0.424. The topological polar surface area (TPSA) is 104 Å². The average molecular weight is 596 g/mol. The maximum Gasteiger partial charge on any atom is 0.410 e. The summed E-state index contributed by atoms with van der Waals surface area (Å²) in [7, 11) is 1.62. The van der Waals surface area contributed by atoms with Gasteiger partial charge in [-0.25, -0.2) is 13.6 Å². The summed E-state index contributed by atoms with van der Waals surface area (Å²) in [5.74, 6) is -1.35. The minimum atomic E-state index is -1.10. The number of aromatic nitrogens is 1. The van der Waals surface area contributed by atoms with Crippen molar-refractivity contribution in [1.82, 2.24) is 9.88 Å². The molecule has 0 aliphatic carbocycles. The lowest BCUT2D eigenvalue weighted by Gasteiger charge is -2.44. The predicted molar refractivity (Wildman–Crippen MR) is 160 cm³/mol. The molecular formula is C33H39F2N3O5. The number of nitrogens with two attached hydrogens (primary N) is 1. The highest BCUT2D eigenvalue weighted by Gasteiger charge is 2.45. The van der Waals surface area contributed by atoms with E-state index < -0.39 is 41.4 Å². The largest absolute Gasteiger partial charge is 0.497 e. The third kappa shape index (κ3) is 8.07. The van der Waals surface area contributed by atoms with Crippen molar-refractivity contribution < 1.29 is 32.6 Å². The number of primary amides is 1. The van der Waals surface area contributed by atoms with Gasteiger partial charge in [-0.1, -0.05) is 19.1 Å². The standard InChI is InChI=1S/C33H39F2N3O5/c1-20-17-25(10-8-21-14-15-37-28-13-11-24(41-5)19-26(21)28)42-30(31(36)39)29(20)38(32(40)43-33(2,3)4)16-6-7-22-18-23(34)9-12-27(22)35/h6-7,9,11-15,18-20,25,29-30H,8,10,16-17H2,1-5H3,(H2,36,39)/t20?,25-,29-,30-/m1/s1. The first-order valence-electron chi connectivity index (χ1n) is 14.3. The molecule has 0 radical (unpaired) electrons. The molecule has 2 N–H and O–H groups in total. The first kappa shape index (κ1) is 31.9. The monoisotopic (exact) mass is 595 g/mol. The third-order valence-electron chi connectivity index (χ3n) is 7.47. The molecule has 1 saturated heterocycles. The predicted octanol–water partition coefficient (Wildman–Crippen LogP) is 6.05. The lowest BCUT2D eigenvalue weighted by atomic mass is 9.84. The van der Waals surface area contributed by atoms with Gasteiger partial charge in [-0.15, -0.1) is 0 Å². The SMILES string of the molecule is COc1ccc2nccc(CC[C@@H]3CC(C)[C@@H](N(CC=Cc4cc(F)ccc4F)C(=O)OC(C)(C)C)[C@H](C(N)=O)O3)c2c1. The van der Waals surface area contributed by atoms with Crippen LogP contribution < -0.4 is 10.5 Å². The maximum absolute atomic E-state index is 14.2. The Hall–Kier alpha value is -4.05. The summed E-state index contributed by atoms with van der Waals surface area (Å²) >= 11 is 0. The zero-order valence-electron chi connectivity index (χ0n) is 25.2. The number of amides is 2. The van der Waals surface area contributed by atoms with E-state index in [-0.39, 0.29) is 24.1 Å². The quantitative estimate of drug-likeness (QED) is 0.323. The molecule has 43 heavy (non-hydrogen) atoms. The third-order valence-corrected chi connectivity index (χ3v) is 7.47. The van der Waals surface area contributed by atoms with Gasteiger partial charge in [0.2, 0.25) is 5.91 Å². The maximum atomic E-state index is 14.2. The van der Waals surface area contributed by atoms with Crippen LogP contribution in [0.15, 0.2) is 54.7 Å². The first-order valence-corrected chi connectivity index (χ1v) is 14.3. The summed E-state index contributed by atoms with van der Waals surface area (Å²) in [6.45, 7) is 7.12. The van der Waals surface area contributed by atoms with Gasteiger partial charge in [0.05, 0.1) is 24.8 Å². The van der Waals surface area contributed by atoms with Crippen LogP contribution in [0, 0.1) is 17.6 Å². The smallest absolute Gasteiger partial charge is 0.410 e. The molecule has 4 rings (SSSR count). The van der Waals surface area contributed by atoms with Gasteiger partial charge in [0, 0.05) is 23.7 Å². The summed E-state index contributed by atoms with van der Waals surface area (Å²) in [5.41, 5.74) is 6.99. The number of benzene rings is 2. The Bertz CT molecular complexity index is 1490. The number of hydrogen-bond acceptors (Lipinski definition) is 6. The van der Waals surface area contributed by atoms with E-state index in [1.54, 1.807) is 34.1 Å². The second-order valence-electron chi connectivity index (χ2n) is 11.9.